The molecule has 0 radical (unpaired) electrons. The molecule has 0 aliphatic heterocycles. The number of amides is 1. The molecule has 1 amide bonds. The number of nitrogens with one attached hydrogen (secondary N) is 1. The van der Waals surface area contributed by atoms with Crippen LogP contribution in [0.1, 0.15) is 11.7 Å². The summed E-state index contributed by atoms with van der Waals surface area (Å²) in [4.78, 5) is 22.4. The molecule has 0 aliphatic rings. The van der Waals surface area contributed by atoms with E-state index in [2.05, 4.69) is 4.74 Å². The molecule has 0 fully saturated rings. The highest BCUT2D eigenvalue weighted by Gasteiger charge is 2.42. The van der Waals surface area contributed by atoms with Crippen molar-refractivity contribution in [2.75, 3.05) is 7.11 Å². The maximum Gasteiger partial charge on any atom is 0.471 e. The molecule has 1 aromatic rings. The van der Waals surface area contributed by atoms with Crippen molar-refractivity contribution in [3.8, 4) is 0 Å². The summed E-state index contributed by atoms with van der Waals surface area (Å²) >= 11 is 2.00. The molecule has 9 heteroatoms. The van der Waals surface area contributed by atoms with E-state index in [1.807, 2.05) is 22.6 Å². The van der Waals surface area contributed by atoms with Crippen LogP contribution < -0.4 is 5.32 Å². The molecular weight excluding hydrogens is 406 g/mol. The van der Waals surface area contributed by atoms with Crippen LogP contribution in [0.15, 0.2) is 24.3 Å². The van der Waals surface area contributed by atoms with Crippen molar-refractivity contribution < 1.29 is 32.6 Å². The van der Waals surface area contributed by atoms with E-state index in [4.69, 9.17) is 0 Å². The molecule has 0 spiro atoms. The molecule has 0 aromatic heterocycles. The number of carbonyl (C=O) groups excluding carboxylic acids is 2. The number of rotatable bonds is 4. The number of hydrogen-bond acceptors (Lipinski definition) is 4. The first kappa shape index (κ1) is 17.7. The third kappa shape index (κ3) is 4.84. The van der Waals surface area contributed by atoms with Crippen LogP contribution in [-0.4, -0.2) is 36.3 Å². The lowest BCUT2D eigenvalue weighted by Gasteiger charge is -2.22. The number of hydrogen-bond donors (Lipinski definition) is 2. The summed E-state index contributed by atoms with van der Waals surface area (Å²) in [5.41, 5.74) is 0.174. The molecule has 116 valence electrons. The molecule has 1 aromatic carbocycles. The third-order valence-corrected chi connectivity index (χ3v) is 3.25. The summed E-state index contributed by atoms with van der Waals surface area (Å²) in [7, 11) is 0.940. The Kier molecular flexibility index (Phi) is 5.96. The lowest BCUT2D eigenvalue weighted by Crippen LogP contribution is -2.50. The Bertz CT molecular complexity index is 518. The average Bonchev–Trinajstić information content (AvgIpc) is 2.42. The van der Waals surface area contributed by atoms with Crippen molar-refractivity contribution in [2.45, 2.75) is 18.3 Å². The van der Waals surface area contributed by atoms with Gasteiger partial charge in [0.25, 0.3) is 0 Å². The predicted octanol–water partition coefficient (Wildman–Crippen LogP) is 1.54. The Hall–Kier alpha value is -1.36. The molecule has 0 bridgehead atoms. The standard InChI is InChI=1S/C12H11F3INO4/c1-21-10(19)8(17-11(20)12(13,14)15)9(18)6-2-4-7(16)5-3-6/h2-5,8-9,18H,1H3,(H,17,20)/t8-,9-/m0/s1. The normalized spacial score (nSPS) is 14.2. The molecule has 1 rings (SSSR count). The number of carbonyl (C=O) groups is 2. The summed E-state index contributed by atoms with van der Waals surface area (Å²) in [5, 5.41) is 11.4. The van der Waals surface area contributed by atoms with Gasteiger partial charge in [-0.15, -0.1) is 0 Å². The fraction of sp³-hybridized carbons (Fsp3) is 0.333. The Balaban J connectivity index is 2.99. The molecule has 0 saturated heterocycles. The summed E-state index contributed by atoms with van der Waals surface area (Å²) < 4.78 is 41.9. The van der Waals surface area contributed by atoms with Gasteiger partial charge in [0.1, 0.15) is 6.10 Å². The molecule has 2 N–H and O–H groups in total. The molecule has 21 heavy (non-hydrogen) atoms. The van der Waals surface area contributed by atoms with Gasteiger partial charge in [-0.05, 0) is 40.3 Å². The first-order valence-corrected chi connectivity index (χ1v) is 6.63. The van der Waals surface area contributed by atoms with Gasteiger partial charge in [-0.3, -0.25) is 4.79 Å². The van der Waals surface area contributed by atoms with Crippen LogP contribution in [0.25, 0.3) is 0 Å². The van der Waals surface area contributed by atoms with E-state index in [0.29, 0.717) is 0 Å². The maximum atomic E-state index is 12.2. The highest BCUT2D eigenvalue weighted by atomic mass is 127. The lowest BCUT2D eigenvalue weighted by atomic mass is 10.0. The van der Waals surface area contributed by atoms with Gasteiger partial charge in [-0.25, -0.2) is 4.79 Å². The zero-order chi connectivity index (χ0) is 16.2. The minimum atomic E-state index is -5.17. The Morgan fingerprint density at radius 1 is 1.29 bits per heavy atom. The SMILES string of the molecule is COC(=O)[C@@H](NC(=O)C(F)(F)F)[C@@H](O)c1ccc(I)cc1. The predicted molar refractivity (Wildman–Crippen MR) is 74.1 cm³/mol. The van der Waals surface area contributed by atoms with Crippen LogP contribution in [0.3, 0.4) is 0 Å². The Morgan fingerprint density at radius 3 is 2.24 bits per heavy atom. The number of halogens is 4. The molecule has 5 nitrogen and oxygen atoms in total. The van der Waals surface area contributed by atoms with Crippen molar-refractivity contribution >= 4 is 34.5 Å². The monoisotopic (exact) mass is 417 g/mol. The highest BCUT2D eigenvalue weighted by Crippen LogP contribution is 2.21. The highest BCUT2D eigenvalue weighted by molar-refractivity contribution is 14.1. The largest absolute Gasteiger partial charge is 0.471 e. The van der Waals surface area contributed by atoms with E-state index in [-0.39, 0.29) is 5.56 Å². The van der Waals surface area contributed by atoms with Crippen molar-refractivity contribution in [2.24, 2.45) is 0 Å². The fourth-order valence-electron chi connectivity index (χ4n) is 1.47. The van der Waals surface area contributed by atoms with Crippen LogP contribution in [0, 0.1) is 3.57 Å². The van der Waals surface area contributed by atoms with Gasteiger partial charge in [0.05, 0.1) is 7.11 Å². The second-order valence-corrected chi connectivity index (χ2v) is 5.21. The molecule has 2 atom stereocenters. The van der Waals surface area contributed by atoms with Crippen LogP contribution in [0.4, 0.5) is 13.2 Å². The van der Waals surface area contributed by atoms with E-state index in [1.54, 1.807) is 12.1 Å². The molecule has 0 heterocycles. The van der Waals surface area contributed by atoms with Crippen LogP contribution in [-0.2, 0) is 14.3 Å². The molecule has 0 unspecified atom stereocenters. The van der Waals surface area contributed by atoms with E-state index in [9.17, 15) is 27.9 Å². The summed E-state index contributed by atoms with van der Waals surface area (Å²) in [6, 6.07) is 4.20. The number of benzene rings is 1. The second kappa shape index (κ2) is 7.07. The van der Waals surface area contributed by atoms with E-state index >= 15 is 0 Å². The maximum absolute atomic E-state index is 12.2. The third-order valence-electron chi connectivity index (χ3n) is 2.53. The van der Waals surface area contributed by atoms with Gasteiger partial charge in [0.2, 0.25) is 0 Å². The molecular formula is C12H11F3INO4. The van der Waals surface area contributed by atoms with Crippen molar-refractivity contribution in [3.63, 3.8) is 0 Å². The van der Waals surface area contributed by atoms with Gasteiger partial charge >= 0.3 is 18.1 Å². The van der Waals surface area contributed by atoms with Crippen LogP contribution in [0.2, 0.25) is 0 Å². The van der Waals surface area contributed by atoms with Crippen LogP contribution in [0.5, 0.6) is 0 Å². The number of ether oxygens (including phenoxy) is 1. The van der Waals surface area contributed by atoms with Gasteiger partial charge in [0.15, 0.2) is 6.04 Å². The zero-order valence-corrected chi connectivity index (χ0v) is 12.8. The Morgan fingerprint density at radius 2 is 1.81 bits per heavy atom. The van der Waals surface area contributed by atoms with E-state index in [0.717, 1.165) is 10.7 Å². The van der Waals surface area contributed by atoms with Crippen LogP contribution >= 0.6 is 22.6 Å². The number of methoxy groups -OCH3 is 1. The smallest absolute Gasteiger partial charge is 0.467 e. The van der Waals surface area contributed by atoms with Crippen molar-refractivity contribution in [1.29, 1.82) is 0 Å². The van der Waals surface area contributed by atoms with Gasteiger partial charge in [-0.1, -0.05) is 12.1 Å². The summed E-state index contributed by atoms with van der Waals surface area (Å²) in [5.74, 6) is -3.51. The fourth-order valence-corrected chi connectivity index (χ4v) is 1.83. The lowest BCUT2D eigenvalue weighted by molar-refractivity contribution is -0.177. The zero-order valence-electron chi connectivity index (χ0n) is 10.6. The number of alkyl halides is 3. The van der Waals surface area contributed by atoms with Gasteiger partial charge in [0, 0.05) is 3.57 Å². The molecule has 0 aliphatic carbocycles. The van der Waals surface area contributed by atoms with Crippen molar-refractivity contribution in [3.05, 3.63) is 33.4 Å². The topological polar surface area (TPSA) is 75.6 Å². The van der Waals surface area contributed by atoms with E-state index < -0.39 is 30.2 Å². The van der Waals surface area contributed by atoms with Crippen molar-refractivity contribution in [1.82, 2.24) is 5.32 Å². The molecule has 0 saturated carbocycles. The number of aliphatic hydroxyl groups is 1. The summed E-state index contributed by atoms with van der Waals surface area (Å²) in [6.07, 6.45) is -6.83. The Labute approximate surface area is 131 Å². The van der Waals surface area contributed by atoms with Gasteiger partial charge in [-0.2, -0.15) is 13.2 Å². The minimum absolute atomic E-state index is 0.174. The number of esters is 1. The first-order chi connectivity index (χ1) is 9.66. The number of aliphatic hydroxyl groups excluding tert-OH is 1. The average molecular weight is 417 g/mol. The summed E-state index contributed by atoms with van der Waals surface area (Å²) in [6.45, 7) is 0. The van der Waals surface area contributed by atoms with E-state index in [1.165, 1.54) is 17.4 Å². The quantitative estimate of drug-likeness (QED) is 0.576. The van der Waals surface area contributed by atoms with Gasteiger partial charge < -0.3 is 15.2 Å². The second-order valence-electron chi connectivity index (χ2n) is 3.97. The minimum Gasteiger partial charge on any atom is -0.467 e. The first-order valence-electron chi connectivity index (χ1n) is 5.56.